The van der Waals surface area contributed by atoms with Crippen molar-refractivity contribution in [3.63, 3.8) is 0 Å². The molecule has 14 heavy (non-hydrogen) atoms. The van der Waals surface area contributed by atoms with Crippen molar-refractivity contribution in [1.82, 2.24) is 0 Å². The molecule has 6 atom stereocenters. The second kappa shape index (κ2) is 3.87. The first-order valence-corrected chi connectivity index (χ1v) is 6.66. The molecule has 0 heterocycles. The van der Waals surface area contributed by atoms with Crippen molar-refractivity contribution in [2.24, 2.45) is 35.5 Å². The third-order valence-electron chi connectivity index (χ3n) is 5.32. The van der Waals surface area contributed by atoms with Gasteiger partial charge in [-0.2, -0.15) is 0 Å². The van der Waals surface area contributed by atoms with Crippen LogP contribution in [0.4, 0.5) is 0 Å². The molecule has 2 saturated carbocycles. The fourth-order valence-corrected chi connectivity index (χ4v) is 4.33. The molecule has 0 nitrogen and oxygen atoms in total. The van der Waals surface area contributed by atoms with Crippen LogP contribution in [0.5, 0.6) is 0 Å². The highest BCUT2D eigenvalue weighted by Crippen LogP contribution is 2.56. The molecule has 0 heteroatoms. The SMILES string of the molecule is CCC1C(C)C1C(C)C1CCCC1C. The molecule has 0 bridgehead atoms. The zero-order valence-electron chi connectivity index (χ0n) is 10.3. The van der Waals surface area contributed by atoms with E-state index in [1.807, 2.05) is 0 Å². The van der Waals surface area contributed by atoms with Crippen molar-refractivity contribution in [3.05, 3.63) is 0 Å². The maximum absolute atomic E-state index is 2.53. The van der Waals surface area contributed by atoms with Crippen LogP contribution >= 0.6 is 0 Å². The van der Waals surface area contributed by atoms with Gasteiger partial charge < -0.3 is 0 Å². The lowest BCUT2D eigenvalue weighted by Gasteiger charge is -2.23. The highest BCUT2D eigenvalue weighted by molar-refractivity contribution is 4.98. The Morgan fingerprint density at radius 2 is 1.93 bits per heavy atom. The van der Waals surface area contributed by atoms with Gasteiger partial charge in [-0.25, -0.2) is 0 Å². The van der Waals surface area contributed by atoms with E-state index < -0.39 is 0 Å². The molecule has 0 radical (unpaired) electrons. The van der Waals surface area contributed by atoms with Gasteiger partial charge in [-0.3, -0.25) is 0 Å². The summed E-state index contributed by atoms with van der Waals surface area (Å²) in [6.07, 6.45) is 5.92. The number of hydrogen-bond donors (Lipinski definition) is 0. The maximum Gasteiger partial charge on any atom is -0.0326 e. The summed E-state index contributed by atoms with van der Waals surface area (Å²) < 4.78 is 0. The number of hydrogen-bond acceptors (Lipinski definition) is 0. The van der Waals surface area contributed by atoms with Crippen molar-refractivity contribution in [3.8, 4) is 0 Å². The molecule has 0 spiro atoms. The fraction of sp³-hybridized carbons (Fsp3) is 1.00. The maximum atomic E-state index is 2.53. The molecule has 0 aromatic carbocycles. The van der Waals surface area contributed by atoms with Crippen LogP contribution in [-0.4, -0.2) is 0 Å². The Kier molecular flexibility index (Phi) is 2.91. The zero-order chi connectivity index (χ0) is 10.3. The van der Waals surface area contributed by atoms with E-state index in [2.05, 4.69) is 27.7 Å². The van der Waals surface area contributed by atoms with E-state index in [9.17, 15) is 0 Å². The zero-order valence-corrected chi connectivity index (χ0v) is 10.3. The highest BCUT2D eigenvalue weighted by atomic mass is 14.6. The Hall–Kier alpha value is 0. The molecule has 2 rings (SSSR count). The first kappa shape index (κ1) is 10.5. The molecule has 82 valence electrons. The molecule has 0 amide bonds. The van der Waals surface area contributed by atoms with Gasteiger partial charge in [0.05, 0.1) is 0 Å². The van der Waals surface area contributed by atoms with E-state index in [1.54, 1.807) is 0 Å². The van der Waals surface area contributed by atoms with E-state index in [0.29, 0.717) is 0 Å². The van der Waals surface area contributed by atoms with Crippen LogP contribution in [0.2, 0.25) is 0 Å². The summed E-state index contributed by atoms with van der Waals surface area (Å²) in [5, 5.41) is 0. The lowest BCUT2D eigenvalue weighted by atomic mass is 9.82. The van der Waals surface area contributed by atoms with E-state index in [-0.39, 0.29) is 0 Å². The predicted octanol–water partition coefficient (Wildman–Crippen LogP) is 4.35. The summed E-state index contributed by atoms with van der Waals surface area (Å²) in [7, 11) is 0. The highest BCUT2D eigenvalue weighted by Gasteiger charge is 2.50. The van der Waals surface area contributed by atoms with Crippen LogP contribution in [0.15, 0.2) is 0 Å². The minimum Gasteiger partial charge on any atom is -0.0651 e. The third-order valence-corrected chi connectivity index (χ3v) is 5.32. The monoisotopic (exact) mass is 194 g/mol. The van der Waals surface area contributed by atoms with Gasteiger partial charge in [-0.1, -0.05) is 47.0 Å². The lowest BCUT2D eigenvalue weighted by molar-refractivity contribution is 0.251. The van der Waals surface area contributed by atoms with Gasteiger partial charge in [0, 0.05) is 0 Å². The smallest absolute Gasteiger partial charge is 0.0326 e. The summed E-state index contributed by atoms with van der Waals surface area (Å²) in [4.78, 5) is 0. The van der Waals surface area contributed by atoms with Crippen molar-refractivity contribution >= 4 is 0 Å². The third kappa shape index (κ3) is 1.61. The van der Waals surface area contributed by atoms with Gasteiger partial charge in [0.1, 0.15) is 0 Å². The lowest BCUT2D eigenvalue weighted by Crippen LogP contribution is -2.17. The Labute approximate surface area is 89.5 Å². The standard InChI is InChI=1S/C14H26/c1-5-12-10(3)14(12)11(4)13-8-6-7-9(13)2/h9-14H,5-8H2,1-4H3. The minimum atomic E-state index is 1.01. The van der Waals surface area contributed by atoms with Crippen LogP contribution in [-0.2, 0) is 0 Å². The first-order valence-electron chi connectivity index (χ1n) is 6.66. The normalized spacial score (nSPS) is 49.3. The van der Waals surface area contributed by atoms with Crippen LogP contribution in [0.25, 0.3) is 0 Å². The van der Waals surface area contributed by atoms with E-state index in [4.69, 9.17) is 0 Å². The van der Waals surface area contributed by atoms with Crippen LogP contribution in [0.1, 0.15) is 53.4 Å². The Morgan fingerprint density at radius 1 is 1.21 bits per heavy atom. The molecule has 0 aliphatic heterocycles. The average molecular weight is 194 g/mol. The van der Waals surface area contributed by atoms with Crippen molar-refractivity contribution < 1.29 is 0 Å². The van der Waals surface area contributed by atoms with Crippen molar-refractivity contribution in [2.75, 3.05) is 0 Å². The topological polar surface area (TPSA) is 0 Å². The minimum absolute atomic E-state index is 1.01. The molecule has 6 unspecified atom stereocenters. The quantitative estimate of drug-likeness (QED) is 0.626. The van der Waals surface area contributed by atoms with Gasteiger partial charge in [0.2, 0.25) is 0 Å². The Bertz CT molecular complexity index is 196. The Morgan fingerprint density at radius 3 is 2.36 bits per heavy atom. The molecular formula is C14H26. The molecular weight excluding hydrogens is 168 g/mol. The predicted molar refractivity (Wildman–Crippen MR) is 62.1 cm³/mol. The van der Waals surface area contributed by atoms with Crippen LogP contribution in [0, 0.1) is 35.5 Å². The van der Waals surface area contributed by atoms with Crippen molar-refractivity contribution in [1.29, 1.82) is 0 Å². The van der Waals surface area contributed by atoms with Crippen LogP contribution in [0.3, 0.4) is 0 Å². The van der Waals surface area contributed by atoms with Gasteiger partial charge in [-0.15, -0.1) is 0 Å². The molecule has 2 aliphatic carbocycles. The van der Waals surface area contributed by atoms with Gasteiger partial charge >= 0.3 is 0 Å². The van der Waals surface area contributed by atoms with E-state index >= 15 is 0 Å². The van der Waals surface area contributed by atoms with Gasteiger partial charge in [0.25, 0.3) is 0 Å². The van der Waals surface area contributed by atoms with Crippen LogP contribution < -0.4 is 0 Å². The summed E-state index contributed by atoms with van der Waals surface area (Å²) in [6, 6.07) is 0. The molecule has 0 aromatic rings. The molecule has 0 N–H and O–H groups in total. The van der Waals surface area contributed by atoms with E-state index in [1.165, 1.54) is 25.7 Å². The number of rotatable bonds is 3. The second-order valence-electron chi connectivity index (χ2n) is 5.94. The molecule has 0 saturated heterocycles. The summed E-state index contributed by atoms with van der Waals surface area (Å²) >= 11 is 0. The molecule has 2 aliphatic rings. The van der Waals surface area contributed by atoms with Crippen molar-refractivity contribution in [2.45, 2.75) is 53.4 Å². The Balaban J connectivity index is 1.92. The van der Waals surface area contributed by atoms with E-state index in [0.717, 1.165) is 35.5 Å². The largest absolute Gasteiger partial charge is 0.0651 e. The second-order valence-corrected chi connectivity index (χ2v) is 5.94. The fourth-order valence-electron chi connectivity index (χ4n) is 4.33. The van der Waals surface area contributed by atoms with Gasteiger partial charge in [0.15, 0.2) is 0 Å². The first-order chi connectivity index (χ1) is 6.66. The molecule has 2 fully saturated rings. The summed E-state index contributed by atoms with van der Waals surface area (Å²) in [6.45, 7) is 9.84. The molecule has 0 aromatic heterocycles. The average Bonchev–Trinajstić information content (AvgIpc) is 2.61. The summed E-state index contributed by atoms with van der Waals surface area (Å²) in [5.41, 5.74) is 0. The van der Waals surface area contributed by atoms with Gasteiger partial charge in [-0.05, 0) is 41.9 Å². The summed E-state index contributed by atoms with van der Waals surface area (Å²) in [5.74, 6) is 6.24.